The van der Waals surface area contributed by atoms with Crippen LogP contribution in [0.15, 0.2) is 97.1 Å². The third-order valence-corrected chi connectivity index (χ3v) is 11.9. The Kier molecular flexibility index (Phi) is 15.3. The molecule has 9 nitrogen and oxygen atoms in total. The van der Waals surface area contributed by atoms with Gasteiger partial charge in [0, 0.05) is 41.6 Å². The lowest BCUT2D eigenvalue weighted by molar-refractivity contribution is -0.127. The fraction of sp³-hybridized carbons (Fsp3) is 0.447. The molecule has 4 aromatic rings. The zero-order valence-electron chi connectivity index (χ0n) is 33.9. The fourth-order valence-electron chi connectivity index (χ4n) is 8.07. The molecule has 0 aliphatic carbocycles. The van der Waals surface area contributed by atoms with Crippen LogP contribution in [0.3, 0.4) is 0 Å². The van der Waals surface area contributed by atoms with E-state index in [0.29, 0.717) is 18.6 Å². The van der Waals surface area contributed by atoms with Gasteiger partial charge < -0.3 is 28.7 Å². The molecular weight excluding hydrogens is 782 g/mol. The molecule has 2 unspecified atom stereocenters. The number of fused-ring (bicyclic) bond motifs is 2. The van der Waals surface area contributed by atoms with Crippen LogP contribution in [0.1, 0.15) is 95.0 Å². The first-order valence-corrected chi connectivity index (χ1v) is 21.7. The third-order valence-electron chi connectivity index (χ3n) is 11.3. The number of ether oxygens (including phenoxy) is 4. The molecule has 0 aromatic heterocycles. The number of amides is 2. The Morgan fingerprint density at radius 2 is 1.00 bits per heavy atom. The van der Waals surface area contributed by atoms with E-state index in [0.717, 1.165) is 96.0 Å². The zero-order valence-corrected chi connectivity index (χ0v) is 35.5. The number of hydrogen-bond donors (Lipinski definition) is 0. The molecule has 3 aliphatic heterocycles. The van der Waals surface area contributed by atoms with Crippen LogP contribution in [-0.2, 0) is 9.59 Å². The van der Waals surface area contributed by atoms with Crippen molar-refractivity contribution in [3.63, 3.8) is 0 Å². The summed E-state index contributed by atoms with van der Waals surface area (Å²) in [5, 5.41) is 0.995. The number of benzene rings is 4. The highest BCUT2D eigenvalue weighted by molar-refractivity contribution is 9.09. The van der Waals surface area contributed by atoms with Gasteiger partial charge in [-0.3, -0.25) is 14.5 Å². The number of para-hydroxylation sites is 4. The first-order chi connectivity index (χ1) is 27.8. The topological polar surface area (TPSA) is 80.8 Å². The normalized spacial score (nSPS) is 20.4. The van der Waals surface area contributed by atoms with Gasteiger partial charge >= 0.3 is 0 Å². The first kappa shape index (κ1) is 42.1. The van der Waals surface area contributed by atoms with Gasteiger partial charge in [0.1, 0.15) is 23.0 Å². The van der Waals surface area contributed by atoms with Gasteiger partial charge in [0.15, 0.2) is 0 Å². The Hall–Kier alpha value is -4.54. The molecule has 1 fully saturated rings. The number of methoxy groups -OCH3 is 2. The second-order valence-electron chi connectivity index (χ2n) is 15.1. The summed E-state index contributed by atoms with van der Waals surface area (Å²) in [5.74, 6) is 3.05. The Labute approximate surface area is 347 Å². The van der Waals surface area contributed by atoms with Gasteiger partial charge in [0.05, 0.1) is 25.6 Å². The van der Waals surface area contributed by atoms with E-state index in [9.17, 15) is 9.59 Å². The average Bonchev–Trinajstić information content (AvgIpc) is 3.24. The van der Waals surface area contributed by atoms with Gasteiger partial charge in [-0.15, -0.1) is 0 Å². The van der Waals surface area contributed by atoms with Gasteiger partial charge in [0.25, 0.3) is 11.8 Å². The molecule has 4 atom stereocenters. The van der Waals surface area contributed by atoms with Crippen LogP contribution in [0.25, 0.3) is 0 Å². The van der Waals surface area contributed by atoms with E-state index in [1.807, 2.05) is 107 Å². The Balaban J connectivity index is 0.000000199. The summed E-state index contributed by atoms with van der Waals surface area (Å²) >= 11 is 3.45. The van der Waals surface area contributed by atoms with Crippen molar-refractivity contribution >= 4 is 39.1 Å². The van der Waals surface area contributed by atoms with E-state index in [1.54, 1.807) is 14.2 Å². The van der Waals surface area contributed by atoms with Crippen molar-refractivity contribution in [2.75, 3.05) is 49.0 Å². The van der Waals surface area contributed by atoms with Crippen molar-refractivity contribution in [3.05, 3.63) is 108 Å². The molecule has 0 spiro atoms. The summed E-state index contributed by atoms with van der Waals surface area (Å²) in [7, 11) is 3.27. The Bertz CT molecular complexity index is 1880. The fourth-order valence-corrected chi connectivity index (χ4v) is 8.47. The second kappa shape index (κ2) is 20.8. The molecule has 10 heteroatoms. The van der Waals surface area contributed by atoms with Gasteiger partial charge in [-0.25, -0.2) is 0 Å². The summed E-state index contributed by atoms with van der Waals surface area (Å²) in [6, 6.07) is 32.0. The molecule has 2 amide bonds. The second-order valence-corrected chi connectivity index (χ2v) is 15.9. The quantitative estimate of drug-likeness (QED) is 0.0871. The molecule has 304 valence electrons. The van der Waals surface area contributed by atoms with E-state index in [2.05, 4.69) is 34.7 Å². The SMILES string of the molecule is COc1ccc(C2Oc3ccccc3N(CCCCCBr)C2=O)cc1.COc1ccc(C2Oc3ccccc3N(CCCCCN3[C@H](C)CCC[C@@H]3C)C2=O)cc1. The number of rotatable bonds is 15. The number of carbonyl (C=O) groups is 2. The lowest BCUT2D eigenvalue weighted by Gasteiger charge is -2.39. The highest BCUT2D eigenvalue weighted by atomic mass is 79.9. The number of unbranched alkanes of at least 4 members (excludes halogenated alkanes) is 4. The summed E-state index contributed by atoms with van der Waals surface area (Å²) < 4.78 is 22.6. The van der Waals surface area contributed by atoms with Crippen molar-refractivity contribution in [1.82, 2.24) is 4.90 Å². The molecule has 0 bridgehead atoms. The molecule has 3 heterocycles. The van der Waals surface area contributed by atoms with Gasteiger partial charge in [0.2, 0.25) is 12.2 Å². The summed E-state index contributed by atoms with van der Waals surface area (Å²) in [6.45, 7) is 7.30. The van der Waals surface area contributed by atoms with E-state index in [-0.39, 0.29) is 11.8 Å². The largest absolute Gasteiger partial charge is 0.497 e. The maximum absolute atomic E-state index is 13.4. The lowest BCUT2D eigenvalue weighted by atomic mass is 9.97. The van der Waals surface area contributed by atoms with E-state index in [4.69, 9.17) is 18.9 Å². The summed E-state index contributed by atoms with van der Waals surface area (Å²) in [6.07, 6.45) is 9.22. The van der Waals surface area contributed by atoms with Crippen LogP contribution in [-0.4, -0.2) is 68.0 Å². The van der Waals surface area contributed by atoms with Crippen LogP contribution in [0.5, 0.6) is 23.0 Å². The van der Waals surface area contributed by atoms with E-state index < -0.39 is 12.2 Å². The van der Waals surface area contributed by atoms with E-state index >= 15 is 0 Å². The van der Waals surface area contributed by atoms with Crippen molar-refractivity contribution in [2.24, 2.45) is 0 Å². The van der Waals surface area contributed by atoms with Gasteiger partial charge in [-0.1, -0.05) is 83.7 Å². The van der Waals surface area contributed by atoms with Crippen LogP contribution in [0.2, 0.25) is 0 Å². The highest BCUT2D eigenvalue weighted by Gasteiger charge is 2.36. The molecule has 3 aliphatic rings. The molecule has 57 heavy (non-hydrogen) atoms. The molecule has 0 N–H and O–H groups in total. The van der Waals surface area contributed by atoms with Crippen molar-refractivity contribution in [2.45, 2.75) is 95.9 Å². The third kappa shape index (κ3) is 10.5. The van der Waals surface area contributed by atoms with E-state index in [1.165, 1.54) is 25.7 Å². The standard InChI is InChI=1S/C27H36N2O3.C20H22BrNO3/c1-20-10-9-11-21(2)28(20)18-7-4-8-19-29-24-12-5-6-13-25(24)32-26(27(29)30)22-14-16-23(31-3)17-15-22;1-24-16-11-9-15(10-12-16)19-20(23)22(14-6-2-5-13-21)17-7-3-4-8-18(17)25-19/h5-6,12-17,20-21,26H,4,7-11,18-19H2,1-3H3;3-4,7-12,19H,2,5-6,13-14H2,1H3/t20-,21+,26?;. The minimum atomic E-state index is -0.620. The number of carbonyl (C=O) groups excluding carboxylic acids is 2. The predicted molar refractivity (Wildman–Crippen MR) is 231 cm³/mol. The number of hydrogen-bond acceptors (Lipinski definition) is 7. The molecule has 4 aromatic carbocycles. The molecule has 7 rings (SSSR count). The van der Waals surface area contributed by atoms with Crippen molar-refractivity contribution in [1.29, 1.82) is 0 Å². The first-order valence-electron chi connectivity index (χ1n) is 20.6. The van der Waals surface area contributed by atoms with Crippen molar-refractivity contribution < 1.29 is 28.5 Å². The van der Waals surface area contributed by atoms with Crippen LogP contribution < -0.4 is 28.7 Å². The maximum atomic E-state index is 13.4. The summed E-state index contributed by atoms with van der Waals surface area (Å²) in [5.41, 5.74) is 3.42. The number of anilines is 2. The number of halogens is 1. The highest BCUT2D eigenvalue weighted by Crippen LogP contribution is 2.40. The van der Waals surface area contributed by atoms with Crippen molar-refractivity contribution in [3.8, 4) is 23.0 Å². The van der Waals surface area contributed by atoms with Crippen LogP contribution in [0, 0.1) is 0 Å². The predicted octanol–water partition coefficient (Wildman–Crippen LogP) is 10.3. The smallest absolute Gasteiger partial charge is 0.272 e. The molecule has 0 saturated carbocycles. The minimum Gasteiger partial charge on any atom is -0.497 e. The number of nitrogens with zero attached hydrogens (tertiary/aromatic N) is 3. The minimum absolute atomic E-state index is 0.00661. The molecular formula is C47H58BrN3O6. The number of likely N-dealkylation sites (tertiary alicyclic amines) is 1. The number of piperidine rings is 1. The molecule has 0 radical (unpaired) electrons. The summed E-state index contributed by atoms with van der Waals surface area (Å²) in [4.78, 5) is 32.9. The Morgan fingerprint density at radius 3 is 1.44 bits per heavy atom. The molecule has 1 saturated heterocycles. The monoisotopic (exact) mass is 839 g/mol. The lowest BCUT2D eigenvalue weighted by Crippen LogP contribution is -2.44. The zero-order chi connectivity index (χ0) is 40.1. The average molecular weight is 841 g/mol. The number of alkyl halides is 1. The van der Waals surface area contributed by atoms with Gasteiger partial charge in [-0.05, 0) is 107 Å². The Morgan fingerprint density at radius 1 is 0.579 bits per heavy atom. The maximum Gasteiger partial charge on any atom is 0.272 e. The van der Waals surface area contributed by atoms with Crippen LogP contribution >= 0.6 is 15.9 Å². The van der Waals surface area contributed by atoms with Gasteiger partial charge in [-0.2, -0.15) is 0 Å². The van der Waals surface area contributed by atoms with Crippen LogP contribution in [0.4, 0.5) is 11.4 Å².